The fraction of sp³-hybridized carbons (Fsp3) is 0.483. The number of aryl methyl sites for hydroxylation is 1. The molecule has 214 valence electrons. The number of nitrogens with zero attached hydrogens (tertiary/aromatic N) is 6. The van der Waals surface area contributed by atoms with Gasteiger partial charge in [0.1, 0.15) is 11.6 Å². The Hall–Kier alpha value is -2.86. The second kappa shape index (κ2) is 11.2. The molecule has 5 rings (SSSR count). The molecule has 1 aliphatic heterocycles. The van der Waals surface area contributed by atoms with Crippen LogP contribution in [0.5, 0.6) is 0 Å². The van der Waals surface area contributed by atoms with Crippen molar-refractivity contribution in [1.82, 2.24) is 24.9 Å². The highest BCUT2D eigenvalue weighted by Gasteiger charge is 2.38. The Morgan fingerprint density at radius 3 is 2.60 bits per heavy atom. The summed E-state index contributed by atoms with van der Waals surface area (Å²) in [5.41, 5.74) is 3.48. The van der Waals surface area contributed by atoms with Crippen molar-refractivity contribution in [1.29, 1.82) is 0 Å². The maximum atomic E-state index is 13.4. The highest BCUT2D eigenvalue weighted by Crippen LogP contribution is 2.37. The van der Waals surface area contributed by atoms with Crippen LogP contribution in [0, 0.1) is 5.82 Å². The van der Waals surface area contributed by atoms with Gasteiger partial charge >= 0.3 is 0 Å². The van der Waals surface area contributed by atoms with Crippen molar-refractivity contribution in [3.63, 3.8) is 0 Å². The average Bonchev–Trinajstić information content (AvgIpc) is 3.56. The monoisotopic (exact) mass is 581 g/mol. The first kappa shape index (κ1) is 28.7. The van der Waals surface area contributed by atoms with Crippen LogP contribution in [0.2, 0.25) is 18.1 Å². The lowest BCUT2D eigenvalue weighted by atomic mass is 10.2. The number of nitrogens with one attached hydrogen (secondary N) is 1. The fourth-order valence-corrected chi connectivity index (χ4v) is 6.48. The number of imidazole rings is 1. The molecule has 0 radical (unpaired) electrons. The molecule has 11 heteroatoms. The molecule has 1 unspecified atom stereocenters. The SMILES string of the molecule is CCc1nc2ccc(N3CCNC(CO[Si](C)(C)C(C)(C)C)C3)nn2c1N(C)c1nc(-c2ccc(F)cc2)cs1. The van der Waals surface area contributed by atoms with E-state index in [4.69, 9.17) is 19.5 Å². The van der Waals surface area contributed by atoms with Crippen molar-refractivity contribution in [2.24, 2.45) is 0 Å². The molecule has 1 saturated heterocycles. The second-order valence-corrected chi connectivity index (χ2v) is 17.6. The predicted molar refractivity (Wildman–Crippen MR) is 165 cm³/mol. The third-order valence-electron chi connectivity index (χ3n) is 8.11. The number of rotatable bonds is 8. The average molecular weight is 582 g/mol. The van der Waals surface area contributed by atoms with E-state index in [0.717, 1.165) is 65.4 Å². The summed E-state index contributed by atoms with van der Waals surface area (Å²) in [4.78, 5) is 14.1. The van der Waals surface area contributed by atoms with E-state index in [1.807, 2.05) is 23.0 Å². The Morgan fingerprint density at radius 1 is 1.15 bits per heavy atom. The first-order chi connectivity index (χ1) is 19.0. The molecule has 3 aromatic heterocycles. The quantitative estimate of drug-likeness (QED) is 0.251. The van der Waals surface area contributed by atoms with E-state index in [2.05, 4.69) is 62.0 Å². The molecule has 1 aliphatic rings. The number of hydrogen-bond donors (Lipinski definition) is 1. The van der Waals surface area contributed by atoms with Crippen LogP contribution in [0.25, 0.3) is 16.9 Å². The van der Waals surface area contributed by atoms with Crippen molar-refractivity contribution in [3.8, 4) is 11.3 Å². The van der Waals surface area contributed by atoms with Crippen molar-refractivity contribution >= 4 is 42.1 Å². The molecule has 0 amide bonds. The van der Waals surface area contributed by atoms with Crippen LogP contribution in [-0.2, 0) is 10.8 Å². The Kier molecular flexibility index (Phi) is 8.02. The Labute approximate surface area is 241 Å². The number of thiazole rings is 1. The van der Waals surface area contributed by atoms with E-state index < -0.39 is 8.32 Å². The highest BCUT2D eigenvalue weighted by atomic mass is 32.1. The number of halogens is 1. The predicted octanol–water partition coefficient (Wildman–Crippen LogP) is 6.12. The lowest BCUT2D eigenvalue weighted by Crippen LogP contribution is -2.55. The van der Waals surface area contributed by atoms with Crippen LogP contribution in [0.1, 0.15) is 33.4 Å². The maximum absolute atomic E-state index is 13.4. The lowest BCUT2D eigenvalue weighted by Gasteiger charge is -2.39. The van der Waals surface area contributed by atoms with E-state index in [1.165, 1.54) is 12.1 Å². The Bertz CT molecular complexity index is 1460. The molecule has 4 aromatic rings. The van der Waals surface area contributed by atoms with Crippen LogP contribution in [0.15, 0.2) is 41.8 Å². The van der Waals surface area contributed by atoms with Crippen molar-refractivity contribution in [3.05, 3.63) is 53.3 Å². The molecule has 8 nitrogen and oxygen atoms in total. The standard InChI is InChI=1S/C29H40FN7OSSi/c1-8-23-27(35(5)28-33-24(19-39-28)20-9-11-21(30)12-10-20)37-25(32-23)13-14-26(34-37)36-16-15-31-22(17-36)18-38-40(6,7)29(2,3)4/h9-14,19,22,31H,8,15-18H2,1-7H3. The maximum Gasteiger partial charge on any atom is 0.192 e. The Morgan fingerprint density at radius 2 is 1.90 bits per heavy atom. The lowest BCUT2D eigenvalue weighted by molar-refractivity contribution is 0.235. The zero-order valence-electron chi connectivity index (χ0n) is 24.5. The van der Waals surface area contributed by atoms with Crippen molar-refractivity contribution in [2.75, 3.05) is 43.1 Å². The molecule has 0 bridgehead atoms. The van der Waals surface area contributed by atoms with Gasteiger partial charge in [0, 0.05) is 43.7 Å². The van der Waals surface area contributed by atoms with Gasteiger partial charge in [-0.25, -0.2) is 14.4 Å². The highest BCUT2D eigenvalue weighted by molar-refractivity contribution is 7.14. The minimum atomic E-state index is -1.82. The molecule has 0 saturated carbocycles. The van der Waals surface area contributed by atoms with E-state index in [1.54, 1.807) is 23.5 Å². The van der Waals surface area contributed by atoms with Gasteiger partial charge in [-0.2, -0.15) is 4.52 Å². The van der Waals surface area contributed by atoms with Gasteiger partial charge in [0.15, 0.2) is 24.9 Å². The van der Waals surface area contributed by atoms with Crippen LogP contribution in [-0.4, -0.2) is 67.2 Å². The first-order valence-corrected chi connectivity index (χ1v) is 17.7. The topological polar surface area (TPSA) is 70.8 Å². The van der Waals surface area contributed by atoms with Crippen LogP contribution >= 0.6 is 11.3 Å². The van der Waals surface area contributed by atoms with Gasteiger partial charge in [-0.05, 0) is 61.0 Å². The molecular formula is C29H40FN7OSSi. The summed E-state index contributed by atoms with van der Waals surface area (Å²) in [6.45, 7) is 16.8. The van der Waals surface area contributed by atoms with Crippen LogP contribution in [0.4, 0.5) is 21.2 Å². The van der Waals surface area contributed by atoms with Gasteiger partial charge in [0.05, 0.1) is 18.0 Å². The van der Waals surface area contributed by atoms with Gasteiger partial charge in [-0.15, -0.1) is 16.4 Å². The van der Waals surface area contributed by atoms with Gasteiger partial charge in [-0.3, -0.25) is 0 Å². The smallest absolute Gasteiger partial charge is 0.192 e. The largest absolute Gasteiger partial charge is 0.415 e. The first-order valence-electron chi connectivity index (χ1n) is 13.9. The molecule has 40 heavy (non-hydrogen) atoms. The van der Waals surface area contributed by atoms with E-state index in [0.29, 0.717) is 6.61 Å². The summed E-state index contributed by atoms with van der Waals surface area (Å²) < 4.78 is 21.9. The Balaban J connectivity index is 1.39. The van der Waals surface area contributed by atoms with Gasteiger partial charge < -0.3 is 19.5 Å². The van der Waals surface area contributed by atoms with Gasteiger partial charge in [0.2, 0.25) is 0 Å². The summed E-state index contributed by atoms with van der Waals surface area (Å²) in [5.74, 6) is 1.58. The molecule has 4 heterocycles. The third kappa shape index (κ3) is 5.78. The van der Waals surface area contributed by atoms with E-state index in [9.17, 15) is 4.39 Å². The van der Waals surface area contributed by atoms with Crippen LogP contribution < -0.4 is 15.1 Å². The molecule has 1 fully saturated rings. The van der Waals surface area contributed by atoms with E-state index in [-0.39, 0.29) is 16.9 Å². The molecule has 1 aromatic carbocycles. The van der Waals surface area contributed by atoms with Crippen LogP contribution in [0.3, 0.4) is 0 Å². The molecule has 0 spiro atoms. The van der Waals surface area contributed by atoms with Gasteiger partial charge in [0.25, 0.3) is 0 Å². The summed E-state index contributed by atoms with van der Waals surface area (Å²) in [6, 6.07) is 10.8. The number of anilines is 3. The number of benzene rings is 1. The molecular weight excluding hydrogens is 542 g/mol. The molecule has 0 aliphatic carbocycles. The minimum absolute atomic E-state index is 0.186. The number of hydrogen-bond acceptors (Lipinski definition) is 8. The minimum Gasteiger partial charge on any atom is -0.415 e. The zero-order valence-corrected chi connectivity index (χ0v) is 26.3. The fourth-order valence-electron chi connectivity index (χ4n) is 4.63. The third-order valence-corrected chi connectivity index (χ3v) is 13.5. The molecule has 1 N–H and O–H groups in total. The van der Waals surface area contributed by atoms with Crippen molar-refractivity contribution in [2.45, 2.75) is 58.3 Å². The normalized spacial score (nSPS) is 16.6. The summed E-state index contributed by atoms with van der Waals surface area (Å²) >= 11 is 1.55. The number of fused-ring (bicyclic) bond motifs is 1. The summed E-state index contributed by atoms with van der Waals surface area (Å²) in [5, 5.41) is 11.7. The molecule has 1 atom stereocenters. The van der Waals surface area contributed by atoms with Gasteiger partial charge in [-0.1, -0.05) is 27.7 Å². The van der Waals surface area contributed by atoms with E-state index >= 15 is 0 Å². The summed E-state index contributed by atoms with van der Waals surface area (Å²) in [6.07, 6.45) is 0.773. The number of aromatic nitrogens is 4. The summed E-state index contributed by atoms with van der Waals surface area (Å²) in [7, 11) is 0.187. The van der Waals surface area contributed by atoms with Crippen molar-refractivity contribution < 1.29 is 8.82 Å². The zero-order chi connectivity index (χ0) is 28.7. The second-order valence-electron chi connectivity index (χ2n) is 11.9. The number of piperazine rings is 1.